The topological polar surface area (TPSA) is 49.8 Å². The molecule has 1 atom stereocenters. The highest BCUT2D eigenvalue weighted by molar-refractivity contribution is 5.97. The van der Waals surface area contributed by atoms with E-state index >= 15 is 0 Å². The number of fused-ring (bicyclic) bond motifs is 3. The lowest BCUT2D eigenvalue weighted by atomic mass is 9.73. The Morgan fingerprint density at radius 3 is 2.60 bits per heavy atom. The summed E-state index contributed by atoms with van der Waals surface area (Å²) in [4.78, 5) is 12.6. The first kappa shape index (κ1) is 15.0. The lowest BCUT2D eigenvalue weighted by Gasteiger charge is -2.49. The highest BCUT2D eigenvalue weighted by Crippen LogP contribution is 2.43. The molecular formula is C18H18F2N4O. The Morgan fingerprint density at radius 1 is 1.12 bits per heavy atom. The van der Waals surface area contributed by atoms with E-state index in [1.54, 1.807) is 6.07 Å². The van der Waals surface area contributed by atoms with E-state index in [1.165, 1.54) is 12.3 Å². The summed E-state index contributed by atoms with van der Waals surface area (Å²) >= 11 is 0. The van der Waals surface area contributed by atoms with Crippen LogP contribution in [0.1, 0.15) is 19.3 Å². The van der Waals surface area contributed by atoms with Crippen LogP contribution in [0, 0.1) is 17.6 Å². The molecule has 0 saturated carbocycles. The zero-order valence-corrected chi connectivity index (χ0v) is 13.6. The van der Waals surface area contributed by atoms with Crippen LogP contribution in [0.2, 0.25) is 0 Å². The lowest BCUT2D eigenvalue weighted by molar-refractivity contribution is -0.136. The number of rotatable bonds is 1. The van der Waals surface area contributed by atoms with Crippen molar-refractivity contribution in [3.8, 4) is 0 Å². The Hall–Kier alpha value is -2.28. The molecule has 1 aromatic carbocycles. The van der Waals surface area contributed by atoms with Gasteiger partial charge in [0.25, 0.3) is 0 Å². The first-order valence-corrected chi connectivity index (χ1v) is 8.61. The van der Waals surface area contributed by atoms with Crippen molar-refractivity contribution in [2.24, 2.45) is 11.1 Å². The molecule has 4 aliphatic rings. The number of aromatic nitrogens is 1. The molecule has 4 aliphatic heterocycles. The maximum atomic E-state index is 13.4. The second-order valence-electron chi connectivity index (χ2n) is 7.23. The third-order valence-electron chi connectivity index (χ3n) is 5.66. The Morgan fingerprint density at radius 2 is 1.88 bits per heavy atom. The maximum Gasteiger partial charge on any atom is 0.160 e. The van der Waals surface area contributed by atoms with Crippen molar-refractivity contribution in [2.75, 3.05) is 25.0 Å². The summed E-state index contributed by atoms with van der Waals surface area (Å²) in [5, 5.41) is 8.57. The average molecular weight is 344 g/mol. The highest BCUT2D eigenvalue weighted by atomic mass is 19.2. The van der Waals surface area contributed by atoms with Gasteiger partial charge in [-0.25, -0.2) is 13.8 Å². The number of benzene rings is 1. The molecule has 5 nitrogen and oxygen atoms in total. The van der Waals surface area contributed by atoms with Crippen molar-refractivity contribution in [2.45, 2.75) is 24.9 Å². The molecule has 0 radical (unpaired) electrons. The molecule has 1 unspecified atom stereocenters. The zero-order valence-electron chi connectivity index (χ0n) is 13.6. The molecule has 2 bridgehead atoms. The van der Waals surface area contributed by atoms with Gasteiger partial charge in [-0.1, -0.05) is 5.16 Å². The van der Waals surface area contributed by atoms with Gasteiger partial charge in [0.2, 0.25) is 0 Å². The van der Waals surface area contributed by atoms with E-state index in [0.717, 1.165) is 50.8 Å². The number of pyridine rings is 1. The van der Waals surface area contributed by atoms with Crippen LogP contribution >= 0.6 is 0 Å². The van der Waals surface area contributed by atoms with E-state index < -0.39 is 11.6 Å². The van der Waals surface area contributed by atoms with Crippen LogP contribution in [0.15, 0.2) is 29.6 Å². The van der Waals surface area contributed by atoms with Gasteiger partial charge >= 0.3 is 0 Å². The monoisotopic (exact) mass is 344 g/mol. The quantitative estimate of drug-likeness (QED) is 0.864. The fourth-order valence-electron chi connectivity index (χ4n) is 4.34. The smallest absolute Gasteiger partial charge is 0.160 e. The molecule has 0 aliphatic carbocycles. The van der Waals surface area contributed by atoms with E-state index in [1.807, 2.05) is 0 Å². The number of halogens is 2. The Balaban J connectivity index is 1.36. The maximum absolute atomic E-state index is 13.4. The van der Waals surface area contributed by atoms with E-state index in [0.29, 0.717) is 22.5 Å². The SMILES string of the molecule is Fc1cc2cnc(NC3=NOC4(C3)CN3CCC4CC3)cc2cc1F. The zero-order chi connectivity index (χ0) is 17.0. The van der Waals surface area contributed by atoms with Crippen LogP contribution in [-0.4, -0.2) is 41.0 Å². The summed E-state index contributed by atoms with van der Waals surface area (Å²) in [6.07, 6.45) is 4.57. The first-order valence-electron chi connectivity index (χ1n) is 8.61. The molecule has 25 heavy (non-hydrogen) atoms. The van der Waals surface area contributed by atoms with Crippen molar-refractivity contribution in [1.29, 1.82) is 0 Å². The molecule has 2 aromatic rings. The molecule has 3 saturated heterocycles. The Labute approximate surface area is 143 Å². The van der Waals surface area contributed by atoms with Crippen molar-refractivity contribution in [3.05, 3.63) is 36.0 Å². The standard InChI is InChI=1S/C18H18F2N4O/c19-14-5-11-7-16(21-9-12(11)6-15(14)20)22-17-8-18(25-23-17)10-24-3-1-13(18)2-4-24/h5-7,9,13H,1-4,8,10H2,(H,21,22,23). The third kappa shape index (κ3) is 2.45. The summed E-state index contributed by atoms with van der Waals surface area (Å²) in [6.45, 7) is 3.21. The normalized spacial score (nSPS) is 30.6. The number of oxime groups is 1. The summed E-state index contributed by atoms with van der Waals surface area (Å²) in [7, 11) is 0. The molecule has 130 valence electrons. The predicted molar refractivity (Wildman–Crippen MR) is 90.3 cm³/mol. The molecule has 7 heteroatoms. The molecule has 6 rings (SSSR count). The van der Waals surface area contributed by atoms with Crippen LogP contribution in [0.25, 0.3) is 10.8 Å². The number of hydrogen-bond acceptors (Lipinski definition) is 5. The van der Waals surface area contributed by atoms with E-state index in [2.05, 4.69) is 20.4 Å². The molecule has 1 N–H and O–H groups in total. The minimum absolute atomic E-state index is 0.217. The van der Waals surface area contributed by atoms with Crippen LogP contribution in [-0.2, 0) is 4.84 Å². The van der Waals surface area contributed by atoms with Gasteiger partial charge < -0.3 is 10.2 Å². The van der Waals surface area contributed by atoms with E-state index in [9.17, 15) is 8.78 Å². The number of nitrogens with one attached hydrogen (secondary N) is 1. The van der Waals surface area contributed by atoms with Crippen LogP contribution < -0.4 is 5.32 Å². The predicted octanol–water partition coefficient (Wildman–Crippen LogP) is 3.12. The number of amidine groups is 1. The Bertz CT molecular complexity index is 879. The fourth-order valence-corrected chi connectivity index (χ4v) is 4.34. The minimum Gasteiger partial charge on any atom is -0.386 e. The first-order chi connectivity index (χ1) is 12.1. The molecule has 1 spiro atoms. The van der Waals surface area contributed by atoms with Crippen molar-refractivity contribution in [1.82, 2.24) is 9.88 Å². The molecule has 1 aromatic heterocycles. The van der Waals surface area contributed by atoms with Crippen molar-refractivity contribution >= 4 is 22.4 Å². The van der Waals surface area contributed by atoms with Gasteiger partial charge in [-0.2, -0.15) is 0 Å². The largest absolute Gasteiger partial charge is 0.386 e. The van der Waals surface area contributed by atoms with Crippen LogP contribution in [0.5, 0.6) is 0 Å². The summed E-state index contributed by atoms with van der Waals surface area (Å²) in [5.74, 6) is 0.106. The van der Waals surface area contributed by atoms with Gasteiger partial charge in [0.15, 0.2) is 23.1 Å². The third-order valence-corrected chi connectivity index (χ3v) is 5.66. The summed E-state index contributed by atoms with van der Waals surface area (Å²) < 4.78 is 26.7. The lowest BCUT2D eigenvalue weighted by Crippen LogP contribution is -2.59. The molecule has 3 fully saturated rings. The van der Waals surface area contributed by atoms with E-state index in [4.69, 9.17) is 4.84 Å². The second-order valence-corrected chi connectivity index (χ2v) is 7.23. The average Bonchev–Trinajstić information content (AvgIpc) is 2.99. The van der Waals surface area contributed by atoms with Gasteiger partial charge in [-0.05, 0) is 49.5 Å². The van der Waals surface area contributed by atoms with Crippen LogP contribution in [0.4, 0.5) is 14.6 Å². The molecular weight excluding hydrogens is 326 g/mol. The minimum atomic E-state index is -0.868. The number of anilines is 1. The number of piperidine rings is 3. The Kier molecular flexibility index (Phi) is 3.22. The number of hydrogen-bond donors (Lipinski definition) is 1. The molecule has 0 amide bonds. The van der Waals surface area contributed by atoms with E-state index in [-0.39, 0.29) is 5.60 Å². The summed E-state index contributed by atoms with van der Waals surface area (Å²) in [6, 6.07) is 4.03. The second kappa shape index (κ2) is 5.36. The van der Waals surface area contributed by atoms with Crippen LogP contribution in [0.3, 0.4) is 0 Å². The van der Waals surface area contributed by atoms with Gasteiger partial charge in [0.05, 0.1) is 6.42 Å². The van der Waals surface area contributed by atoms with Gasteiger partial charge in [0.1, 0.15) is 5.82 Å². The summed E-state index contributed by atoms with van der Waals surface area (Å²) in [5.41, 5.74) is -0.217. The van der Waals surface area contributed by atoms with Gasteiger partial charge in [0, 0.05) is 24.0 Å². The van der Waals surface area contributed by atoms with Crippen molar-refractivity contribution in [3.63, 3.8) is 0 Å². The van der Waals surface area contributed by atoms with Crippen molar-refractivity contribution < 1.29 is 13.6 Å². The highest BCUT2D eigenvalue weighted by Gasteiger charge is 2.52. The molecule has 5 heterocycles. The number of nitrogens with zero attached hydrogens (tertiary/aromatic N) is 3. The van der Waals surface area contributed by atoms with Gasteiger partial charge in [-0.3, -0.25) is 4.90 Å². The fraction of sp³-hybridized carbons (Fsp3) is 0.444. The van der Waals surface area contributed by atoms with Gasteiger partial charge in [-0.15, -0.1) is 0 Å².